The smallest absolute Gasteiger partial charge is 0.126 e. The first-order chi connectivity index (χ1) is 10.7. The second-order valence-corrected chi connectivity index (χ2v) is 5.96. The molecule has 1 aliphatic rings. The molecule has 2 nitrogen and oxygen atoms in total. The SMILES string of the molecule is COc1ccc2c(c1)N(Cc1ccc(C)c(F)c1)CCCC2. The Hall–Kier alpha value is -2.03. The third kappa shape index (κ3) is 3.08. The Morgan fingerprint density at radius 1 is 1.14 bits per heavy atom. The van der Waals surface area contributed by atoms with Gasteiger partial charge in [-0.15, -0.1) is 0 Å². The highest BCUT2D eigenvalue weighted by molar-refractivity contribution is 5.58. The summed E-state index contributed by atoms with van der Waals surface area (Å²) in [4.78, 5) is 2.34. The summed E-state index contributed by atoms with van der Waals surface area (Å²) in [5.41, 5.74) is 4.28. The van der Waals surface area contributed by atoms with E-state index in [1.807, 2.05) is 18.2 Å². The highest BCUT2D eigenvalue weighted by Crippen LogP contribution is 2.31. The summed E-state index contributed by atoms with van der Waals surface area (Å²) in [6, 6.07) is 11.8. The Morgan fingerprint density at radius 2 is 2.00 bits per heavy atom. The first-order valence-electron chi connectivity index (χ1n) is 7.84. The molecule has 0 aliphatic carbocycles. The lowest BCUT2D eigenvalue weighted by Crippen LogP contribution is -2.23. The van der Waals surface area contributed by atoms with Crippen molar-refractivity contribution in [3.05, 3.63) is 58.9 Å². The number of ether oxygens (including phenoxy) is 1. The van der Waals surface area contributed by atoms with Crippen molar-refractivity contribution in [3.63, 3.8) is 0 Å². The van der Waals surface area contributed by atoms with Crippen LogP contribution in [0.2, 0.25) is 0 Å². The van der Waals surface area contributed by atoms with Crippen LogP contribution in [-0.4, -0.2) is 13.7 Å². The third-order valence-corrected chi connectivity index (χ3v) is 4.37. The molecule has 0 amide bonds. The molecule has 0 atom stereocenters. The largest absolute Gasteiger partial charge is 0.497 e. The molecular weight excluding hydrogens is 277 g/mol. The molecule has 0 radical (unpaired) electrons. The summed E-state index contributed by atoms with van der Waals surface area (Å²) in [5, 5.41) is 0. The summed E-state index contributed by atoms with van der Waals surface area (Å²) >= 11 is 0. The lowest BCUT2D eigenvalue weighted by atomic mass is 10.1. The molecule has 0 unspecified atom stereocenters. The van der Waals surface area contributed by atoms with Crippen LogP contribution in [-0.2, 0) is 13.0 Å². The van der Waals surface area contributed by atoms with Gasteiger partial charge < -0.3 is 9.64 Å². The molecule has 0 bridgehead atoms. The third-order valence-electron chi connectivity index (χ3n) is 4.37. The van der Waals surface area contributed by atoms with E-state index in [0.717, 1.165) is 37.2 Å². The number of hydrogen-bond acceptors (Lipinski definition) is 2. The zero-order valence-corrected chi connectivity index (χ0v) is 13.2. The highest BCUT2D eigenvalue weighted by atomic mass is 19.1. The fourth-order valence-corrected chi connectivity index (χ4v) is 3.03. The van der Waals surface area contributed by atoms with E-state index in [1.165, 1.54) is 17.7 Å². The molecule has 0 aromatic heterocycles. The van der Waals surface area contributed by atoms with Crippen LogP contribution < -0.4 is 9.64 Å². The maximum Gasteiger partial charge on any atom is 0.126 e. The number of hydrogen-bond donors (Lipinski definition) is 0. The zero-order chi connectivity index (χ0) is 15.5. The van der Waals surface area contributed by atoms with Gasteiger partial charge in [-0.25, -0.2) is 4.39 Å². The first kappa shape index (κ1) is 14.9. The molecule has 0 saturated heterocycles. The van der Waals surface area contributed by atoms with Crippen LogP contribution in [0.4, 0.5) is 10.1 Å². The van der Waals surface area contributed by atoms with Gasteiger partial charge in [-0.05, 0) is 55.0 Å². The number of aryl methyl sites for hydroxylation is 2. The van der Waals surface area contributed by atoms with Gasteiger partial charge in [0.05, 0.1) is 7.11 Å². The number of rotatable bonds is 3. The molecule has 1 aliphatic heterocycles. The molecule has 0 fully saturated rings. The predicted octanol–water partition coefficient (Wildman–Crippen LogP) is 4.49. The van der Waals surface area contributed by atoms with Crippen LogP contribution in [0.5, 0.6) is 5.75 Å². The van der Waals surface area contributed by atoms with Crippen molar-refractivity contribution < 1.29 is 9.13 Å². The van der Waals surface area contributed by atoms with E-state index in [0.29, 0.717) is 5.56 Å². The normalized spacial score (nSPS) is 14.4. The number of halogens is 1. The summed E-state index contributed by atoms with van der Waals surface area (Å²) in [6.45, 7) is 3.53. The van der Waals surface area contributed by atoms with Crippen molar-refractivity contribution in [2.75, 3.05) is 18.6 Å². The van der Waals surface area contributed by atoms with E-state index in [-0.39, 0.29) is 5.82 Å². The Balaban J connectivity index is 1.91. The van der Waals surface area contributed by atoms with Gasteiger partial charge in [-0.2, -0.15) is 0 Å². The molecule has 22 heavy (non-hydrogen) atoms. The summed E-state index contributed by atoms with van der Waals surface area (Å²) in [7, 11) is 1.69. The average Bonchev–Trinajstić information content (AvgIpc) is 2.73. The van der Waals surface area contributed by atoms with Crippen molar-refractivity contribution in [2.45, 2.75) is 32.7 Å². The summed E-state index contributed by atoms with van der Waals surface area (Å²) < 4.78 is 19.2. The lowest BCUT2D eigenvalue weighted by Gasteiger charge is -2.25. The van der Waals surface area contributed by atoms with Gasteiger partial charge in [0.15, 0.2) is 0 Å². The molecular formula is C19H22FNO. The van der Waals surface area contributed by atoms with Crippen molar-refractivity contribution >= 4 is 5.69 Å². The standard InChI is InChI=1S/C19H22FNO/c1-14-6-7-15(11-18(14)20)13-21-10-4-3-5-16-8-9-17(22-2)12-19(16)21/h6-9,11-12H,3-5,10,13H2,1-2H3. The van der Waals surface area contributed by atoms with E-state index in [9.17, 15) is 4.39 Å². The van der Waals surface area contributed by atoms with Gasteiger partial charge in [-0.1, -0.05) is 18.2 Å². The van der Waals surface area contributed by atoms with Crippen LogP contribution in [0.25, 0.3) is 0 Å². The molecule has 0 N–H and O–H groups in total. The maximum atomic E-state index is 13.8. The Morgan fingerprint density at radius 3 is 2.77 bits per heavy atom. The van der Waals surface area contributed by atoms with Gasteiger partial charge in [0.2, 0.25) is 0 Å². The number of fused-ring (bicyclic) bond motifs is 1. The molecule has 3 heteroatoms. The number of nitrogens with zero attached hydrogens (tertiary/aromatic N) is 1. The van der Waals surface area contributed by atoms with Gasteiger partial charge in [0, 0.05) is 24.8 Å². The predicted molar refractivity (Wildman–Crippen MR) is 88.1 cm³/mol. The number of methoxy groups -OCH3 is 1. The van der Waals surface area contributed by atoms with Crippen LogP contribution in [0.1, 0.15) is 29.5 Å². The average molecular weight is 299 g/mol. The Bertz CT molecular complexity index is 668. The monoisotopic (exact) mass is 299 g/mol. The van der Waals surface area contributed by atoms with E-state index < -0.39 is 0 Å². The molecule has 3 rings (SSSR count). The Kier molecular flexibility index (Phi) is 4.32. The maximum absolute atomic E-state index is 13.8. The minimum Gasteiger partial charge on any atom is -0.497 e. The molecule has 116 valence electrons. The lowest BCUT2D eigenvalue weighted by molar-refractivity contribution is 0.414. The van der Waals surface area contributed by atoms with Crippen LogP contribution in [0.3, 0.4) is 0 Å². The summed E-state index contributed by atoms with van der Waals surface area (Å²) in [6.07, 6.45) is 3.45. The summed E-state index contributed by atoms with van der Waals surface area (Å²) in [5.74, 6) is 0.749. The van der Waals surface area contributed by atoms with Crippen LogP contribution >= 0.6 is 0 Å². The Labute approximate surface area is 131 Å². The van der Waals surface area contributed by atoms with Crippen molar-refractivity contribution in [1.29, 1.82) is 0 Å². The van der Waals surface area contributed by atoms with E-state index >= 15 is 0 Å². The van der Waals surface area contributed by atoms with Gasteiger partial charge in [0.1, 0.15) is 11.6 Å². The topological polar surface area (TPSA) is 12.5 Å². The highest BCUT2D eigenvalue weighted by Gasteiger charge is 2.16. The molecule has 0 saturated carbocycles. The molecule has 2 aromatic rings. The quantitative estimate of drug-likeness (QED) is 0.828. The number of anilines is 1. The molecule has 0 spiro atoms. The van der Waals surface area contributed by atoms with Gasteiger partial charge in [-0.3, -0.25) is 0 Å². The van der Waals surface area contributed by atoms with E-state index in [1.54, 1.807) is 20.1 Å². The second-order valence-electron chi connectivity index (χ2n) is 5.96. The van der Waals surface area contributed by atoms with Crippen molar-refractivity contribution in [2.24, 2.45) is 0 Å². The number of benzene rings is 2. The van der Waals surface area contributed by atoms with Gasteiger partial charge in [0.25, 0.3) is 0 Å². The van der Waals surface area contributed by atoms with E-state index in [2.05, 4.69) is 17.0 Å². The minimum atomic E-state index is -0.127. The van der Waals surface area contributed by atoms with Gasteiger partial charge >= 0.3 is 0 Å². The van der Waals surface area contributed by atoms with Crippen molar-refractivity contribution in [1.82, 2.24) is 0 Å². The first-order valence-corrected chi connectivity index (χ1v) is 7.84. The second kappa shape index (κ2) is 6.39. The fourth-order valence-electron chi connectivity index (χ4n) is 3.03. The van der Waals surface area contributed by atoms with E-state index in [4.69, 9.17) is 4.74 Å². The van der Waals surface area contributed by atoms with Crippen molar-refractivity contribution in [3.8, 4) is 5.75 Å². The van der Waals surface area contributed by atoms with Crippen LogP contribution in [0.15, 0.2) is 36.4 Å². The molecule has 1 heterocycles. The minimum absolute atomic E-state index is 0.127. The fraction of sp³-hybridized carbons (Fsp3) is 0.368. The van der Waals surface area contributed by atoms with Crippen LogP contribution in [0, 0.1) is 12.7 Å². The zero-order valence-electron chi connectivity index (χ0n) is 13.2. The molecule has 2 aromatic carbocycles.